The van der Waals surface area contributed by atoms with Crippen LogP contribution in [-0.4, -0.2) is 69.4 Å². The molecule has 0 aromatic heterocycles. The number of nitrogens with zero attached hydrogens (tertiary/aromatic N) is 1. The Morgan fingerprint density at radius 2 is 2.10 bits per heavy atom. The molecule has 9 heteroatoms. The van der Waals surface area contributed by atoms with E-state index in [2.05, 4.69) is 17.9 Å². The van der Waals surface area contributed by atoms with Crippen LogP contribution in [0.4, 0.5) is 0 Å². The number of carboxylic acids is 1. The van der Waals surface area contributed by atoms with Crippen LogP contribution in [-0.2, 0) is 14.4 Å². The summed E-state index contributed by atoms with van der Waals surface area (Å²) in [5.41, 5.74) is 5.50. The van der Waals surface area contributed by atoms with Gasteiger partial charge in [0, 0.05) is 12.3 Å². The molecule has 1 rings (SSSR count). The number of hydrogen-bond acceptors (Lipinski definition) is 6. The van der Waals surface area contributed by atoms with Crippen LogP contribution in [0.3, 0.4) is 0 Å². The van der Waals surface area contributed by atoms with E-state index in [-0.39, 0.29) is 12.3 Å². The normalized spacial score (nSPS) is 22.5. The van der Waals surface area contributed by atoms with Crippen LogP contribution in [0.1, 0.15) is 19.8 Å². The highest BCUT2D eigenvalue weighted by atomic mass is 32.1. The second-order valence-corrected chi connectivity index (χ2v) is 5.41. The predicted molar refractivity (Wildman–Crippen MR) is 77.8 cm³/mol. The van der Waals surface area contributed by atoms with E-state index in [1.54, 1.807) is 0 Å². The molecule has 8 nitrogen and oxygen atoms in total. The Hall–Kier alpha value is -1.32. The Morgan fingerprint density at radius 3 is 2.57 bits per heavy atom. The fourth-order valence-electron chi connectivity index (χ4n) is 2.20. The lowest BCUT2D eigenvalue weighted by molar-refractivity contribution is -0.150. The number of aliphatic hydroxyl groups excluding tert-OH is 1. The van der Waals surface area contributed by atoms with Gasteiger partial charge in [0.1, 0.15) is 12.1 Å². The lowest BCUT2D eigenvalue weighted by Crippen LogP contribution is -2.58. The van der Waals surface area contributed by atoms with Crippen molar-refractivity contribution in [1.29, 1.82) is 0 Å². The first kappa shape index (κ1) is 17.7. The minimum atomic E-state index is -1.22. The maximum absolute atomic E-state index is 12.4. The molecule has 1 fully saturated rings. The topological polar surface area (TPSA) is 133 Å². The number of amides is 2. The summed E-state index contributed by atoms with van der Waals surface area (Å²) in [5, 5.41) is 21.1. The SMILES string of the molecule is CC(O)C(NC(=O)C(N)CS)C(=O)N1CCCC1C(=O)O. The summed E-state index contributed by atoms with van der Waals surface area (Å²) < 4.78 is 0. The molecule has 1 saturated heterocycles. The number of carbonyl (C=O) groups is 3. The number of carboxylic acid groups (broad SMARTS) is 1. The number of thiol groups is 1. The van der Waals surface area contributed by atoms with Crippen LogP contribution in [0, 0.1) is 0 Å². The lowest BCUT2D eigenvalue weighted by Gasteiger charge is -2.29. The number of likely N-dealkylation sites (tertiary alicyclic amines) is 1. The van der Waals surface area contributed by atoms with Gasteiger partial charge in [-0.25, -0.2) is 4.79 Å². The van der Waals surface area contributed by atoms with Gasteiger partial charge in [-0.1, -0.05) is 0 Å². The Balaban J connectivity index is 2.83. The van der Waals surface area contributed by atoms with Crippen molar-refractivity contribution in [2.24, 2.45) is 5.73 Å². The van der Waals surface area contributed by atoms with Crippen LogP contribution in [0.5, 0.6) is 0 Å². The highest BCUT2D eigenvalue weighted by Crippen LogP contribution is 2.19. The molecule has 4 atom stereocenters. The smallest absolute Gasteiger partial charge is 0.326 e. The summed E-state index contributed by atoms with van der Waals surface area (Å²) in [6.07, 6.45) is -0.236. The second-order valence-electron chi connectivity index (χ2n) is 5.04. The van der Waals surface area contributed by atoms with Crippen molar-refractivity contribution in [3.63, 3.8) is 0 Å². The van der Waals surface area contributed by atoms with Crippen molar-refractivity contribution in [3.8, 4) is 0 Å². The summed E-state index contributed by atoms with van der Waals surface area (Å²) in [6, 6.07) is -3.05. The molecule has 0 spiro atoms. The number of aliphatic hydroxyl groups is 1. The molecule has 1 aliphatic rings. The molecule has 0 radical (unpaired) electrons. The number of nitrogens with one attached hydrogen (secondary N) is 1. The van der Waals surface area contributed by atoms with E-state index in [4.69, 9.17) is 10.8 Å². The van der Waals surface area contributed by atoms with Crippen molar-refractivity contribution in [1.82, 2.24) is 10.2 Å². The quantitative estimate of drug-likeness (QED) is 0.366. The van der Waals surface area contributed by atoms with E-state index < -0.39 is 42.0 Å². The minimum absolute atomic E-state index is 0.0913. The van der Waals surface area contributed by atoms with Gasteiger partial charge in [-0.2, -0.15) is 12.6 Å². The zero-order valence-corrected chi connectivity index (χ0v) is 12.6. The first-order valence-electron chi connectivity index (χ1n) is 6.67. The summed E-state index contributed by atoms with van der Waals surface area (Å²) in [6.45, 7) is 1.63. The van der Waals surface area contributed by atoms with Crippen LogP contribution in [0.2, 0.25) is 0 Å². The van der Waals surface area contributed by atoms with Gasteiger partial charge in [-0.15, -0.1) is 0 Å². The minimum Gasteiger partial charge on any atom is -0.480 e. The average molecular weight is 319 g/mol. The Bertz CT molecular complexity index is 418. The van der Waals surface area contributed by atoms with E-state index >= 15 is 0 Å². The van der Waals surface area contributed by atoms with Gasteiger partial charge in [-0.05, 0) is 19.8 Å². The molecular weight excluding hydrogens is 298 g/mol. The highest BCUT2D eigenvalue weighted by Gasteiger charge is 2.39. The van der Waals surface area contributed by atoms with Crippen molar-refractivity contribution < 1.29 is 24.6 Å². The van der Waals surface area contributed by atoms with E-state index in [1.807, 2.05) is 0 Å². The Morgan fingerprint density at radius 1 is 1.48 bits per heavy atom. The lowest BCUT2D eigenvalue weighted by atomic mass is 10.1. The van der Waals surface area contributed by atoms with Gasteiger partial charge in [0.2, 0.25) is 11.8 Å². The Labute approximate surface area is 128 Å². The zero-order valence-electron chi connectivity index (χ0n) is 11.7. The fraction of sp³-hybridized carbons (Fsp3) is 0.750. The summed E-state index contributed by atoms with van der Waals surface area (Å²) in [7, 11) is 0. The number of hydrogen-bond donors (Lipinski definition) is 5. The molecule has 0 aliphatic carbocycles. The monoisotopic (exact) mass is 319 g/mol. The highest BCUT2D eigenvalue weighted by molar-refractivity contribution is 7.80. The van der Waals surface area contributed by atoms with Crippen molar-refractivity contribution in [2.45, 2.75) is 44.0 Å². The standard InChI is InChI=1S/C12H21N3O5S/c1-6(16)9(14-10(17)7(13)5-21)11(18)15-4-2-3-8(15)12(19)20/h6-9,16,21H,2-5,13H2,1H3,(H,14,17)(H,19,20). The molecule has 1 aliphatic heterocycles. The van der Waals surface area contributed by atoms with Gasteiger partial charge in [0.25, 0.3) is 0 Å². The molecule has 0 bridgehead atoms. The first-order chi connectivity index (χ1) is 9.79. The van der Waals surface area contributed by atoms with E-state index in [9.17, 15) is 19.5 Å². The maximum atomic E-state index is 12.4. The van der Waals surface area contributed by atoms with Gasteiger partial charge >= 0.3 is 5.97 Å². The van der Waals surface area contributed by atoms with E-state index in [0.717, 1.165) is 0 Å². The second kappa shape index (κ2) is 7.62. The number of rotatable bonds is 6. The molecule has 2 amide bonds. The molecule has 0 aromatic carbocycles. The van der Waals surface area contributed by atoms with Gasteiger partial charge in [0.15, 0.2) is 0 Å². The predicted octanol–water partition coefficient (Wildman–Crippen LogP) is -1.82. The number of nitrogens with two attached hydrogens (primary N) is 1. The molecule has 1 heterocycles. The molecule has 0 saturated carbocycles. The third-order valence-corrected chi connectivity index (χ3v) is 3.79. The fourth-order valence-corrected chi connectivity index (χ4v) is 2.36. The molecule has 4 unspecified atom stereocenters. The van der Waals surface area contributed by atoms with Gasteiger partial charge in [0.05, 0.1) is 12.1 Å². The van der Waals surface area contributed by atoms with Gasteiger partial charge in [-0.3, -0.25) is 9.59 Å². The van der Waals surface area contributed by atoms with Crippen molar-refractivity contribution >= 4 is 30.4 Å². The molecule has 5 N–H and O–H groups in total. The van der Waals surface area contributed by atoms with Crippen LogP contribution in [0.25, 0.3) is 0 Å². The summed E-state index contributed by atoms with van der Waals surface area (Å²) >= 11 is 3.89. The maximum Gasteiger partial charge on any atom is 0.326 e. The van der Waals surface area contributed by atoms with Gasteiger partial charge < -0.3 is 26.2 Å². The number of aliphatic carboxylic acids is 1. The Kier molecular flexibility index (Phi) is 6.43. The van der Waals surface area contributed by atoms with Crippen molar-refractivity contribution in [3.05, 3.63) is 0 Å². The third-order valence-electron chi connectivity index (χ3n) is 3.40. The molecular formula is C12H21N3O5S. The molecule has 120 valence electrons. The van der Waals surface area contributed by atoms with Crippen LogP contribution < -0.4 is 11.1 Å². The zero-order chi connectivity index (χ0) is 16.2. The van der Waals surface area contributed by atoms with Crippen LogP contribution in [0.15, 0.2) is 0 Å². The molecule has 21 heavy (non-hydrogen) atoms. The summed E-state index contributed by atoms with van der Waals surface area (Å²) in [5.74, 6) is -2.23. The first-order valence-corrected chi connectivity index (χ1v) is 7.31. The van der Waals surface area contributed by atoms with Crippen LogP contribution >= 0.6 is 12.6 Å². The summed E-state index contributed by atoms with van der Waals surface area (Å²) in [4.78, 5) is 36.4. The largest absolute Gasteiger partial charge is 0.480 e. The van der Waals surface area contributed by atoms with E-state index in [1.165, 1.54) is 11.8 Å². The third kappa shape index (κ3) is 4.32. The average Bonchev–Trinajstić information content (AvgIpc) is 2.91. The molecule has 0 aromatic rings. The van der Waals surface area contributed by atoms with E-state index in [0.29, 0.717) is 12.8 Å². The number of carbonyl (C=O) groups excluding carboxylic acids is 2. The van der Waals surface area contributed by atoms with Crippen molar-refractivity contribution in [2.75, 3.05) is 12.3 Å².